The number of nitrogens with zero attached hydrogens (tertiary/aromatic N) is 4. The molecular formula is C11H19N5S. The quantitative estimate of drug-likeness (QED) is 0.806. The van der Waals surface area contributed by atoms with Gasteiger partial charge in [-0.1, -0.05) is 11.8 Å². The average molecular weight is 253 g/mol. The van der Waals surface area contributed by atoms with Gasteiger partial charge in [0.05, 0.1) is 6.04 Å². The molecule has 3 rings (SSSR count). The fraction of sp³-hybridized carbons (Fsp3) is 0.909. The number of thioether (sulfide) groups is 1. The first-order valence-electron chi connectivity index (χ1n) is 6.55. The number of tetrazole rings is 1. The molecule has 6 heteroatoms. The maximum atomic E-state index is 4.11. The summed E-state index contributed by atoms with van der Waals surface area (Å²) in [4.78, 5) is 0. The summed E-state index contributed by atoms with van der Waals surface area (Å²) >= 11 is 1.82. The number of hydrogen-bond donors (Lipinski definition) is 1. The molecule has 0 aromatic carbocycles. The van der Waals surface area contributed by atoms with Crippen molar-refractivity contribution in [2.75, 3.05) is 18.8 Å². The number of piperidine rings is 1. The molecule has 0 amide bonds. The normalized spacial score (nSPS) is 21.9. The molecule has 5 nitrogen and oxygen atoms in total. The van der Waals surface area contributed by atoms with E-state index in [2.05, 4.69) is 20.8 Å². The zero-order valence-corrected chi connectivity index (χ0v) is 10.8. The van der Waals surface area contributed by atoms with E-state index in [4.69, 9.17) is 0 Å². The summed E-state index contributed by atoms with van der Waals surface area (Å²) in [6, 6.07) is 0.589. The van der Waals surface area contributed by atoms with Gasteiger partial charge in [-0.25, -0.2) is 4.68 Å². The van der Waals surface area contributed by atoms with Gasteiger partial charge in [-0.2, -0.15) is 0 Å². The van der Waals surface area contributed by atoms with E-state index in [-0.39, 0.29) is 0 Å². The smallest absolute Gasteiger partial charge is 0.209 e. The van der Waals surface area contributed by atoms with Gasteiger partial charge in [0.15, 0.2) is 0 Å². The highest BCUT2D eigenvalue weighted by Gasteiger charge is 2.27. The van der Waals surface area contributed by atoms with Gasteiger partial charge in [0, 0.05) is 5.75 Å². The molecule has 1 aromatic rings. The van der Waals surface area contributed by atoms with Gasteiger partial charge in [-0.15, -0.1) is 5.10 Å². The summed E-state index contributed by atoms with van der Waals surface area (Å²) in [5.74, 6) is 2.05. The molecule has 17 heavy (non-hydrogen) atoms. The van der Waals surface area contributed by atoms with Gasteiger partial charge in [-0.3, -0.25) is 0 Å². The van der Waals surface area contributed by atoms with Crippen LogP contribution < -0.4 is 5.32 Å². The topological polar surface area (TPSA) is 55.6 Å². The maximum Gasteiger partial charge on any atom is 0.209 e. The zero-order valence-electron chi connectivity index (χ0n) is 10.0. The standard InChI is InChI=1S/C11H19N5S/c1-2-10(1)16-11(13-14-15-16)17-8-5-9-3-6-12-7-4-9/h9-10,12H,1-8H2. The molecule has 94 valence electrons. The molecule has 0 bridgehead atoms. The fourth-order valence-corrected chi connectivity index (χ4v) is 3.36. The lowest BCUT2D eigenvalue weighted by Crippen LogP contribution is -2.27. The van der Waals surface area contributed by atoms with Crippen LogP contribution in [0.3, 0.4) is 0 Å². The molecule has 1 N–H and O–H groups in total. The second-order valence-corrected chi connectivity index (χ2v) is 6.03. The van der Waals surface area contributed by atoms with Gasteiger partial charge in [0.1, 0.15) is 0 Å². The van der Waals surface area contributed by atoms with Crippen LogP contribution in [-0.4, -0.2) is 39.0 Å². The predicted molar refractivity (Wildman–Crippen MR) is 67.0 cm³/mol. The van der Waals surface area contributed by atoms with Crippen LogP contribution in [0, 0.1) is 5.92 Å². The van der Waals surface area contributed by atoms with E-state index in [0.29, 0.717) is 6.04 Å². The van der Waals surface area contributed by atoms with Crippen molar-refractivity contribution in [1.29, 1.82) is 0 Å². The zero-order chi connectivity index (χ0) is 11.5. The Balaban J connectivity index is 1.45. The third-order valence-corrected chi connectivity index (χ3v) is 4.54. The van der Waals surface area contributed by atoms with Crippen molar-refractivity contribution in [3.8, 4) is 0 Å². The number of hydrogen-bond acceptors (Lipinski definition) is 5. The molecule has 2 heterocycles. The Kier molecular flexibility index (Phi) is 3.61. The molecule has 0 unspecified atom stereocenters. The van der Waals surface area contributed by atoms with Crippen molar-refractivity contribution < 1.29 is 0 Å². The lowest BCUT2D eigenvalue weighted by atomic mass is 9.96. The minimum absolute atomic E-state index is 0.589. The molecule has 1 saturated carbocycles. The Bertz CT molecular complexity index is 356. The summed E-state index contributed by atoms with van der Waals surface area (Å²) in [5, 5.41) is 16.4. The van der Waals surface area contributed by atoms with Crippen LogP contribution in [0.5, 0.6) is 0 Å². The molecule has 2 fully saturated rings. The summed E-state index contributed by atoms with van der Waals surface area (Å²) in [7, 11) is 0. The first-order chi connectivity index (χ1) is 8.43. The SMILES string of the molecule is C1CC(CCSc2nnnn2C2CC2)CCN1. The average Bonchev–Trinajstić information content (AvgIpc) is 3.11. The molecule has 1 saturated heterocycles. The van der Waals surface area contributed by atoms with Crippen LogP contribution >= 0.6 is 11.8 Å². The van der Waals surface area contributed by atoms with Crippen LogP contribution in [0.15, 0.2) is 5.16 Å². The third kappa shape index (κ3) is 2.98. The van der Waals surface area contributed by atoms with Gasteiger partial charge in [0.2, 0.25) is 5.16 Å². The Hall–Kier alpha value is -0.620. The molecular weight excluding hydrogens is 234 g/mol. The molecule has 1 aliphatic carbocycles. The minimum atomic E-state index is 0.589. The second kappa shape index (κ2) is 5.35. The van der Waals surface area contributed by atoms with Crippen molar-refractivity contribution in [3.63, 3.8) is 0 Å². The Morgan fingerprint density at radius 2 is 2.06 bits per heavy atom. The van der Waals surface area contributed by atoms with Gasteiger partial charge in [0.25, 0.3) is 0 Å². The lowest BCUT2D eigenvalue weighted by molar-refractivity contribution is 0.367. The lowest BCUT2D eigenvalue weighted by Gasteiger charge is -2.21. The minimum Gasteiger partial charge on any atom is -0.317 e. The Morgan fingerprint density at radius 1 is 1.24 bits per heavy atom. The molecule has 1 aromatic heterocycles. The summed E-state index contributed by atoms with van der Waals surface area (Å²) < 4.78 is 2.01. The monoisotopic (exact) mass is 253 g/mol. The van der Waals surface area contributed by atoms with E-state index >= 15 is 0 Å². The van der Waals surface area contributed by atoms with E-state index in [1.54, 1.807) is 0 Å². The van der Waals surface area contributed by atoms with Crippen LogP contribution in [0.2, 0.25) is 0 Å². The van der Waals surface area contributed by atoms with Crippen molar-refractivity contribution in [2.24, 2.45) is 5.92 Å². The van der Waals surface area contributed by atoms with Crippen molar-refractivity contribution >= 4 is 11.8 Å². The van der Waals surface area contributed by atoms with Crippen molar-refractivity contribution in [1.82, 2.24) is 25.5 Å². The fourth-order valence-electron chi connectivity index (χ4n) is 2.32. The van der Waals surface area contributed by atoms with E-state index < -0.39 is 0 Å². The number of nitrogens with one attached hydrogen (secondary N) is 1. The highest BCUT2D eigenvalue weighted by molar-refractivity contribution is 7.99. The van der Waals surface area contributed by atoms with Crippen LogP contribution in [0.25, 0.3) is 0 Å². The largest absolute Gasteiger partial charge is 0.317 e. The summed E-state index contributed by atoms with van der Waals surface area (Å²) in [6.45, 7) is 2.38. The Labute approximate surface area is 106 Å². The van der Waals surface area contributed by atoms with Gasteiger partial charge >= 0.3 is 0 Å². The van der Waals surface area contributed by atoms with Crippen molar-refractivity contribution in [2.45, 2.75) is 43.3 Å². The summed E-state index contributed by atoms with van der Waals surface area (Å²) in [6.07, 6.45) is 6.44. The number of rotatable bonds is 5. The molecule has 0 spiro atoms. The summed E-state index contributed by atoms with van der Waals surface area (Å²) in [5.41, 5.74) is 0. The van der Waals surface area contributed by atoms with Crippen LogP contribution in [0.4, 0.5) is 0 Å². The first-order valence-corrected chi connectivity index (χ1v) is 7.53. The van der Waals surface area contributed by atoms with Crippen LogP contribution in [0.1, 0.15) is 38.1 Å². The van der Waals surface area contributed by atoms with Gasteiger partial charge < -0.3 is 5.32 Å². The molecule has 0 atom stereocenters. The Morgan fingerprint density at radius 3 is 2.82 bits per heavy atom. The second-order valence-electron chi connectivity index (χ2n) is 4.97. The first kappa shape index (κ1) is 11.5. The van der Waals surface area contributed by atoms with Gasteiger partial charge in [-0.05, 0) is 61.5 Å². The third-order valence-electron chi connectivity index (χ3n) is 3.57. The van der Waals surface area contributed by atoms with E-state index in [1.165, 1.54) is 45.2 Å². The molecule has 2 aliphatic rings. The maximum absolute atomic E-state index is 4.11. The molecule has 1 aliphatic heterocycles. The van der Waals surface area contributed by atoms with Crippen LogP contribution in [-0.2, 0) is 0 Å². The highest BCUT2D eigenvalue weighted by Crippen LogP contribution is 2.36. The van der Waals surface area contributed by atoms with E-state index in [0.717, 1.165) is 16.8 Å². The predicted octanol–water partition coefficient (Wildman–Crippen LogP) is 1.49. The van der Waals surface area contributed by atoms with Crippen molar-refractivity contribution in [3.05, 3.63) is 0 Å². The van der Waals surface area contributed by atoms with E-state index in [1.807, 2.05) is 16.4 Å². The highest BCUT2D eigenvalue weighted by atomic mass is 32.2. The molecule has 0 radical (unpaired) electrons. The van der Waals surface area contributed by atoms with E-state index in [9.17, 15) is 0 Å². The number of aromatic nitrogens is 4.